The van der Waals surface area contributed by atoms with Gasteiger partial charge in [-0.1, -0.05) is 6.07 Å². The summed E-state index contributed by atoms with van der Waals surface area (Å²) in [6.45, 7) is 0. The third-order valence-electron chi connectivity index (χ3n) is 12.0. The number of benzene rings is 8. The van der Waals surface area contributed by atoms with Gasteiger partial charge in [0.15, 0.2) is 0 Å². The quantitative estimate of drug-likeness (QED) is 0.163. The first-order valence-electron chi connectivity index (χ1n) is 19.5. The average molecular weight is 787 g/mol. The Morgan fingerprint density at radius 3 is 1.51 bits per heavy atom. The molecule has 4 heterocycles. The van der Waals surface area contributed by atoms with Gasteiger partial charge in [0.1, 0.15) is 0 Å². The number of aromatic nitrogens is 4. The van der Waals surface area contributed by atoms with Crippen LogP contribution in [0.3, 0.4) is 0 Å². The standard InChI is InChI=1S/C52H34GeN4/c1-5-19-35(20-6-1)50-49-51(41-29-13-16-30-44(41)53(49,36-21-7-2-8-22-36)37-23-9-3-10-24-37)55-52(54-50)57-46-32-18-15-28-40(46)43-33-42-39-27-14-17-31-45(39)56(47(42)34-48(43)57)38-25-11-4-12-26-38/h1-34H. The normalized spacial score (nSPS) is 13.1. The van der Waals surface area contributed by atoms with E-state index in [1.54, 1.807) is 0 Å². The third kappa shape index (κ3) is 4.56. The summed E-state index contributed by atoms with van der Waals surface area (Å²) in [5.41, 5.74) is 9.96. The SMILES string of the molecule is c1ccc(-c2nc(-n3c4ccccc4c4cc5c6ccccc6n(-c6ccccc6)c5cc43)nc3[c]2[Ge]([c]2ccccc2)([c]2ccccc2)[c]2ccccc2-3)cc1. The van der Waals surface area contributed by atoms with E-state index in [0.29, 0.717) is 5.95 Å². The van der Waals surface area contributed by atoms with Crippen LogP contribution in [0.25, 0.3) is 77.8 Å². The first-order chi connectivity index (χ1) is 28.3. The molecule has 1 aliphatic heterocycles. The van der Waals surface area contributed by atoms with Gasteiger partial charge in [-0.2, -0.15) is 0 Å². The molecular formula is C52H34GeN4. The van der Waals surface area contributed by atoms with Gasteiger partial charge < -0.3 is 0 Å². The van der Waals surface area contributed by atoms with Crippen molar-refractivity contribution in [3.05, 3.63) is 206 Å². The molecule has 0 N–H and O–H groups in total. The maximum atomic E-state index is 5.78. The molecule has 0 fully saturated rings. The third-order valence-corrected chi connectivity index (χ3v) is 22.2. The molecule has 0 saturated carbocycles. The molecule has 0 amide bonds. The van der Waals surface area contributed by atoms with Crippen LogP contribution in [0.15, 0.2) is 206 Å². The molecule has 3 aromatic heterocycles. The summed E-state index contributed by atoms with van der Waals surface area (Å²) in [7, 11) is 0. The van der Waals surface area contributed by atoms with Crippen molar-refractivity contribution >= 4 is 74.5 Å². The van der Waals surface area contributed by atoms with E-state index in [1.165, 1.54) is 50.2 Å². The Hall–Kier alpha value is -7.02. The zero-order chi connectivity index (χ0) is 37.5. The van der Waals surface area contributed by atoms with Crippen molar-refractivity contribution in [2.75, 3.05) is 0 Å². The van der Waals surface area contributed by atoms with Gasteiger partial charge in [-0.3, -0.25) is 0 Å². The van der Waals surface area contributed by atoms with Crippen molar-refractivity contribution < 1.29 is 0 Å². The van der Waals surface area contributed by atoms with E-state index in [0.717, 1.165) is 39.2 Å². The zero-order valence-electron chi connectivity index (χ0n) is 30.9. The summed E-state index contributed by atoms with van der Waals surface area (Å²) in [6.07, 6.45) is 0. The second-order valence-corrected chi connectivity index (χ2v) is 22.7. The predicted octanol–water partition coefficient (Wildman–Crippen LogP) is 9.70. The average Bonchev–Trinajstić information content (AvgIpc) is 3.90. The summed E-state index contributed by atoms with van der Waals surface area (Å²) >= 11 is -3.70. The predicted molar refractivity (Wildman–Crippen MR) is 239 cm³/mol. The molecule has 1 aliphatic rings. The second kappa shape index (κ2) is 12.5. The van der Waals surface area contributed by atoms with Gasteiger partial charge in [-0.25, -0.2) is 0 Å². The van der Waals surface area contributed by atoms with Crippen LogP contribution in [0.5, 0.6) is 0 Å². The van der Waals surface area contributed by atoms with Crippen LogP contribution in [-0.4, -0.2) is 32.4 Å². The van der Waals surface area contributed by atoms with Gasteiger partial charge in [0.05, 0.1) is 0 Å². The molecule has 0 spiro atoms. The Bertz CT molecular complexity index is 3290. The Balaban J connectivity index is 1.24. The fourth-order valence-corrected chi connectivity index (χ4v) is 20.7. The summed E-state index contributed by atoms with van der Waals surface area (Å²) in [6, 6.07) is 75.1. The fraction of sp³-hybridized carbons (Fsp3) is 0. The summed E-state index contributed by atoms with van der Waals surface area (Å²) in [4.78, 5) is 11.5. The van der Waals surface area contributed by atoms with Gasteiger partial charge in [0, 0.05) is 0 Å². The van der Waals surface area contributed by atoms with E-state index in [1.807, 2.05) is 0 Å². The van der Waals surface area contributed by atoms with E-state index in [2.05, 4.69) is 215 Å². The van der Waals surface area contributed by atoms with Gasteiger partial charge in [-0.05, 0) is 0 Å². The minimum absolute atomic E-state index is 0.676. The summed E-state index contributed by atoms with van der Waals surface area (Å²) in [5, 5.41) is 4.82. The van der Waals surface area contributed by atoms with E-state index in [-0.39, 0.29) is 0 Å². The molecule has 0 bridgehead atoms. The number of hydrogen-bond donors (Lipinski definition) is 0. The first kappa shape index (κ1) is 32.2. The van der Waals surface area contributed by atoms with Crippen molar-refractivity contribution in [2.24, 2.45) is 0 Å². The van der Waals surface area contributed by atoms with Crippen LogP contribution >= 0.6 is 0 Å². The monoisotopic (exact) mass is 788 g/mol. The topological polar surface area (TPSA) is 35.6 Å². The molecule has 4 nitrogen and oxygen atoms in total. The van der Waals surface area contributed by atoms with E-state index in [9.17, 15) is 0 Å². The van der Waals surface area contributed by atoms with E-state index >= 15 is 0 Å². The summed E-state index contributed by atoms with van der Waals surface area (Å²) in [5.74, 6) is 0.676. The molecular weight excluding hydrogens is 753 g/mol. The van der Waals surface area contributed by atoms with Crippen molar-refractivity contribution in [3.63, 3.8) is 0 Å². The van der Waals surface area contributed by atoms with Crippen molar-refractivity contribution in [1.82, 2.24) is 19.1 Å². The van der Waals surface area contributed by atoms with Gasteiger partial charge in [0.25, 0.3) is 0 Å². The van der Waals surface area contributed by atoms with Crippen molar-refractivity contribution in [1.29, 1.82) is 0 Å². The number of fused-ring (bicyclic) bond motifs is 9. The molecule has 5 heteroatoms. The number of nitrogens with zero attached hydrogens (tertiary/aromatic N) is 4. The zero-order valence-corrected chi connectivity index (χ0v) is 33.0. The van der Waals surface area contributed by atoms with Gasteiger partial charge >= 0.3 is 328 Å². The Morgan fingerprint density at radius 1 is 0.368 bits per heavy atom. The van der Waals surface area contributed by atoms with Crippen LogP contribution in [0.4, 0.5) is 0 Å². The molecule has 0 saturated heterocycles. The number of hydrogen-bond acceptors (Lipinski definition) is 2. The van der Waals surface area contributed by atoms with E-state index < -0.39 is 13.3 Å². The molecule has 0 atom stereocenters. The molecule has 0 aliphatic carbocycles. The van der Waals surface area contributed by atoms with Gasteiger partial charge in [-0.15, -0.1) is 0 Å². The molecule has 0 unspecified atom stereocenters. The van der Waals surface area contributed by atoms with Gasteiger partial charge in [0.2, 0.25) is 0 Å². The number of para-hydroxylation sites is 3. The number of rotatable bonds is 5. The molecule has 12 rings (SSSR count). The van der Waals surface area contributed by atoms with Crippen LogP contribution in [-0.2, 0) is 0 Å². The van der Waals surface area contributed by atoms with Crippen LogP contribution in [0.2, 0.25) is 0 Å². The molecule has 266 valence electrons. The van der Waals surface area contributed by atoms with Crippen molar-refractivity contribution in [2.45, 2.75) is 0 Å². The summed E-state index contributed by atoms with van der Waals surface area (Å²) < 4.78 is 10.1. The minimum atomic E-state index is -3.70. The van der Waals surface area contributed by atoms with Crippen LogP contribution in [0.1, 0.15) is 0 Å². The maximum absolute atomic E-state index is 5.78. The Morgan fingerprint density at radius 2 is 0.860 bits per heavy atom. The Labute approximate surface area is 332 Å². The molecule has 57 heavy (non-hydrogen) atoms. The molecule has 0 radical (unpaired) electrons. The van der Waals surface area contributed by atoms with E-state index in [4.69, 9.17) is 9.97 Å². The van der Waals surface area contributed by atoms with Crippen LogP contribution < -0.4 is 17.6 Å². The first-order valence-corrected chi connectivity index (χ1v) is 23.7. The van der Waals surface area contributed by atoms with Crippen LogP contribution in [0, 0.1) is 0 Å². The molecule has 11 aromatic rings. The fourth-order valence-electron chi connectivity index (χ4n) is 9.70. The molecule has 8 aromatic carbocycles. The second-order valence-electron chi connectivity index (χ2n) is 14.9. The Kier molecular flexibility index (Phi) is 7.07. The van der Waals surface area contributed by atoms with Crippen molar-refractivity contribution in [3.8, 4) is 34.2 Å².